The first-order chi connectivity index (χ1) is 11.6. The predicted molar refractivity (Wildman–Crippen MR) is 80.6 cm³/mol. The topological polar surface area (TPSA) is 92.6 Å². The number of nitrogens with one attached hydrogen (secondary N) is 1. The highest BCUT2D eigenvalue weighted by Crippen LogP contribution is 2.25. The fraction of sp³-hybridized carbons (Fsp3) is 0.500. The SMILES string of the molecule is O=c1[nH]c2ccc(S(=O)(=O)N3CCCC(OCC(F)(F)F)C3)cc2o1. The molecule has 0 saturated carbocycles. The number of ether oxygens (including phenoxy) is 1. The van der Waals surface area contributed by atoms with E-state index in [1.165, 1.54) is 18.2 Å². The summed E-state index contributed by atoms with van der Waals surface area (Å²) in [7, 11) is -3.93. The summed E-state index contributed by atoms with van der Waals surface area (Å²) in [5.74, 6) is -0.705. The molecule has 1 aromatic heterocycles. The van der Waals surface area contributed by atoms with E-state index in [4.69, 9.17) is 9.15 Å². The van der Waals surface area contributed by atoms with Gasteiger partial charge in [-0.25, -0.2) is 13.2 Å². The molecule has 2 aromatic rings. The second kappa shape index (κ2) is 6.46. The number of oxazole rings is 1. The van der Waals surface area contributed by atoms with Crippen LogP contribution in [0.2, 0.25) is 0 Å². The average molecular weight is 380 g/mol. The first kappa shape index (κ1) is 18.0. The maximum absolute atomic E-state index is 12.7. The Hall–Kier alpha value is -1.85. The normalized spacial score (nSPS) is 20.2. The number of fused-ring (bicyclic) bond motifs is 1. The van der Waals surface area contributed by atoms with Crippen LogP contribution in [0.3, 0.4) is 0 Å². The van der Waals surface area contributed by atoms with Crippen molar-refractivity contribution in [3.63, 3.8) is 0 Å². The Morgan fingerprint density at radius 3 is 2.84 bits per heavy atom. The average Bonchev–Trinajstić information content (AvgIpc) is 2.91. The number of hydrogen-bond donors (Lipinski definition) is 1. The molecular weight excluding hydrogens is 365 g/mol. The first-order valence-corrected chi connectivity index (χ1v) is 8.90. The zero-order chi connectivity index (χ0) is 18.2. The van der Waals surface area contributed by atoms with Gasteiger partial charge in [-0.05, 0) is 25.0 Å². The number of alkyl halides is 3. The minimum absolute atomic E-state index is 0.0907. The van der Waals surface area contributed by atoms with Gasteiger partial charge in [-0.1, -0.05) is 0 Å². The van der Waals surface area contributed by atoms with Gasteiger partial charge in [-0.2, -0.15) is 17.5 Å². The number of sulfonamides is 1. The van der Waals surface area contributed by atoms with Gasteiger partial charge in [0.25, 0.3) is 0 Å². The Morgan fingerprint density at radius 1 is 1.36 bits per heavy atom. The van der Waals surface area contributed by atoms with E-state index in [1.807, 2.05) is 0 Å². The smallest absolute Gasteiger partial charge is 0.408 e. The van der Waals surface area contributed by atoms with Crippen molar-refractivity contribution in [2.45, 2.75) is 30.0 Å². The summed E-state index contributed by atoms with van der Waals surface area (Å²) in [6.07, 6.45) is -4.53. The fourth-order valence-electron chi connectivity index (χ4n) is 2.71. The number of benzene rings is 1. The third-order valence-corrected chi connectivity index (χ3v) is 5.71. The Labute approximate surface area is 140 Å². The summed E-state index contributed by atoms with van der Waals surface area (Å²) in [6.45, 7) is -1.39. The summed E-state index contributed by atoms with van der Waals surface area (Å²) >= 11 is 0. The molecule has 1 unspecified atom stereocenters. The number of hydrogen-bond acceptors (Lipinski definition) is 5. The molecule has 11 heteroatoms. The van der Waals surface area contributed by atoms with E-state index < -0.39 is 34.7 Å². The number of aromatic nitrogens is 1. The van der Waals surface area contributed by atoms with Gasteiger partial charge in [0.2, 0.25) is 10.0 Å². The predicted octanol–water partition coefficient (Wildman–Crippen LogP) is 1.85. The van der Waals surface area contributed by atoms with E-state index in [1.54, 1.807) is 0 Å². The van der Waals surface area contributed by atoms with Crippen LogP contribution in [0.1, 0.15) is 12.8 Å². The van der Waals surface area contributed by atoms with Gasteiger partial charge in [0.05, 0.1) is 16.5 Å². The molecule has 0 spiro atoms. The Bertz CT molecular complexity index is 918. The minimum Gasteiger partial charge on any atom is -0.408 e. The van der Waals surface area contributed by atoms with Crippen LogP contribution in [0.4, 0.5) is 13.2 Å². The lowest BCUT2D eigenvalue weighted by Gasteiger charge is -2.32. The molecule has 1 N–H and O–H groups in total. The number of aromatic amines is 1. The lowest BCUT2D eigenvalue weighted by atomic mass is 10.1. The first-order valence-electron chi connectivity index (χ1n) is 7.46. The molecule has 2 heterocycles. The van der Waals surface area contributed by atoms with Crippen LogP contribution in [0.25, 0.3) is 11.1 Å². The van der Waals surface area contributed by atoms with E-state index in [2.05, 4.69) is 4.98 Å². The third-order valence-electron chi connectivity index (χ3n) is 3.85. The quantitative estimate of drug-likeness (QED) is 0.874. The molecular formula is C14H15F3N2O5S. The highest BCUT2D eigenvalue weighted by atomic mass is 32.2. The minimum atomic E-state index is -4.46. The van der Waals surface area contributed by atoms with Crippen LogP contribution in [-0.2, 0) is 14.8 Å². The van der Waals surface area contributed by atoms with Crippen molar-refractivity contribution in [3.8, 4) is 0 Å². The van der Waals surface area contributed by atoms with E-state index in [0.29, 0.717) is 18.4 Å². The van der Waals surface area contributed by atoms with Crippen LogP contribution in [0, 0.1) is 0 Å². The lowest BCUT2D eigenvalue weighted by Crippen LogP contribution is -2.44. The van der Waals surface area contributed by atoms with Gasteiger partial charge < -0.3 is 9.15 Å². The van der Waals surface area contributed by atoms with Crippen molar-refractivity contribution in [2.75, 3.05) is 19.7 Å². The number of piperidine rings is 1. The molecule has 0 bridgehead atoms. The molecule has 1 atom stereocenters. The molecule has 1 aromatic carbocycles. The van der Waals surface area contributed by atoms with Crippen LogP contribution < -0.4 is 5.76 Å². The molecule has 138 valence electrons. The Morgan fingerprint density at radius 2 is 2.12 bits per heavy atom. The molecule has 1 fully saturated rings. The molecule has 0 amide bonds. The van der Waals surface area contributed by atoms with Gasteiger partial charge in [0.1, 0.15) is 6.61 Å². The summed E-state index contributed by atoms with van der Waals surface area (Å²) in [6, 6.07) is 3.92. The van der Waals surface area contributed by atoms with E-state index in [0.717, 1.165) is 4.31 Å². The van der Waals surface area contributed by atoms with Crippen molar-refractivity contribution in [3.05, 3.63) is 28.7 Å². The van der Waals surface area contributed by atoms with Gasteiger partial charge in [0.15, 0.2) is 5.58 Å². The molecule has 25 heavy (non-hydrogen) atoms. The summed E-state index contributed by atoms with van der Waals surface area (Å²) in [4.78, 5) is 13.5. The zero-order valence-electron chi connectivity index (χ0n) is 12.9. The Balaban J connectivity index is 1.79. The van der Waals surface area contributed by atoms with Crippen molar-refractivity contribution >= 4 is 21.1 Å². The van der Waals surface area contributed by atoms with Gasteiger partial charge in [0, 0.05) is 19.2 Å². The molecule has 7 nitrogen and oxygen atoms in total. The number of nitrogens with zero attached hydrogens (tertiary/aromatic N) is 1. The third kappa shape index (κ3) is 4.05. The van der Waals surface area contributed by atoms with Crippen LogP contribution in [0.5, 0.6) is 0 Å². The second-order valence-corrected chi connectivity index (χ2v) is 7.66. The molecule has 1 aliphatic rings. The number of H-pyrrole nitrogens is 1. The monoisotopic (exact) mass is 380 g/mol. The molecule has 0 aliphatic carbocycles. The summed E-state index contributed by atoms with van der Waals surface area (Å²) < 4.78 is 72.9. The number of rotatable bonds is 4. The van der Waals surface area contributed by atoms with E-state index >= 15 is 0 Å². The second-order valence-electron chi connectivity index (χ2n) is 5.73. The van der Waals surface area contributed by atoms with Gasteiger partial charge in [-0.3, -0.25) is 4.98 Å². The molecule has 0 radical (unpaired) electrons. The molecule has 1 aliphatic heterocycles. The zero-order valence-corrected chi connectivity index (χ0v) is 13.7. The largest absolute Gasteiger partial charge is 0.417 e. The van der Waals surface area contributed by atoms with Crippen molar-refractivity contribution in [2.24, 2.45) is 0 Å². The molecule has 3 rings (SSSR count). The fourth-order valence-corrected chi connectivity index (χ4v) is 4.23. The summed E-state index contributed by atoms with van der Waals surface area (Å²) in [5, 5.41) is 0. The summed E-state index contributed by atoms with van der Waals surface area (Å²) in [5.41, 5.74) is 0.446. The van der Waals surface area contributed by atoms with Crippen LogP contribution in [0.15, 0.2) is 32.3 Å². The van der Waals surface area contributed by atoms with Crippen LogP contribution >= 0.6 is 0 Å². The number of halogens is 3. The van der Waals surface area contributed by atoms with Crippen molar-refractivity contribution in [1.82, 2.24) is 9.29 Å². The highest BCUT2D eigenvalue weighted by molar-refractivity contribution is 7.89. The van der Waals surface area contributed by atoms with Crippen molar-refractivity contribution in [1.29, 1.82) is 0 Å². The lowest BCUT2D eigenvalue weighted by molar-refractivity contribution is -0.188. The standard InChI is InChI=1S/C14H15F3N2O5S/c15-14(16,17)8-23-9-2-1-5-19(7-9)25(21,22)10-3-4-11-12(6-10)24-13(20)18-11/h3-4,6,9H,1-2,5,7-8H2,(H,18,20). The van der Waals surface area contributed by atoms with Gasteiger partial charge >= 0.3 is 11.9 Å². The maximum atomic E-state index is 12.7. The van der Waals surface area contributed by atoms with E-state index in [-0.39, 0.29) is 23.6 Å². The van der Waals surface area contributed by atoms with E-state index in [9.17, 15) is 26.4 Å². The molecule has 1 saturated heterocycles. The maximum Gasteiger partial charge on any atom is 0.417 e. The van der Waals surface area contributed by atoms with Crippen LogP contribution in [-0.4, -0.2) is 49.7 Å². The highest BCUT2D eigenvalue weighted by Gasteiger charge is 2.34. The van der Waals surface area contributed by atoms with Gasteiger partial charge in [-0.15, -0.1) is 0 Å². The Kier molecular flexibility index (Phi) is 4.64. The van der Waals surface area contributed by atoms with Crippen molar-refractivity contribution < 1.29 is 30.7 Å².